The monoisotopic (exact) mass is 332 g/mol. The molecule has 4 nitrogen and oxygen atoms in total. The van der Waals surface area contributed by atoms with Crippen LogP contribution in [0.5, 0.6) is 0 Å². The van der Waals surface area contributed by atoms with Crippen molar-refractivity contribution in [3.05, 3.63) is 35.4 Å². The van der Waals surface area contributed by atoms with E-state index in [0.29, 0.717) is 6.42 Å². The van der Waals surface area contributed by atoms with Gasteiger partial charge in [0.25, 0.3) is 0 Å². The van der Waals surface area contributed by atoms with Gasteiger partial charge in [0.05, 0.1) is 13.2 Å². The Kier molecular flexibility index (Phi) is 5.36. The van der Waals surface area contributed by atoms with Gasteiger partial charge in [-0.2, -0.15) is 0 Å². The number of rotatable bonds is 5. The van der Waals surface area contributed by atoms with Crippen molar-refractivity contribution in [3.8, 4) is 0 Å². The quantitative estimate of drug-likeness (QED) is 0.605. The van der Waals surface area contributed by atoms with E-state index in [1.54, 1.807) is 13.8 Å². The Morgan fingerprint density at radius 3 is 1.88 bits per heavy atom. The van der Waals surface area contributed by atoms with E-state index in [1.165, 1.54) is 5.56 Å². The van der Waals surface area contributed by atoms with E-state index in [0.717, 1.165) is 12.0 Å². The summed E-state index contributed by atoms with van der Waals surface area (Å²) < 4.78 is 10.4. The van der Waals surface area contributed by atoms with Crippen LogP contribution < -0.4 is 0 Å². The van der Waals surface area contributed by atoms with Crippen LogP contribution in [0.3, 0.4) is 0 Å². The summed E-state index contributed by atoms with van der Waals surface area (Å²) in [5, 5.41) is 0. The fourth-order valence-corrected chi connectivity index (χ4v) is 3.34. The number of ether oxygens (including phenoxy) is 2. The predicted octanol–water partition coefficient (Wildman–Crippen LogP) is 3.97. The van der Waals surface area contributed by atoms with Crippen LogP contribution in [0.1, 0.15) is 64.5 Å². The molecule has 0 aliphatic heterocycles. The fourth-order valence-electron chi connectivity index (χ4n) is 3.34. The standard InChI is InChI=1S/C20H28O4/c1-6-23-17(21)20(18(22)24-7-2)13-12-16(20)14-8-10-15(11-9-14)19(3,4)5/h8-11,16H,6-7,12-13H2,1-5H3. The summed E-state index contributed by atoms with van der Waals surface area (Å²) in [5.74, 6) is -1.09. The second-order valence-electron chi connectivity index (χ2n) is 7.38. The highest BCUT2D eigenvalue weighted by Gasteiger charge is 2.61. The average Bonchev–Trinajstić information content (AvgIpc) is 2.47. The maximum atomic E-state index is 12.6. The minimum absolute atomic E-state index is 0.0670. The second-order valence-corrected chi connectivity index (χ2v) is 7.38. The first-order valence-corrected chi connectivity index (χ1v) is 8.72. The first kappa shape index (κ1) is 18.5. The van der Waals surface area contributed by atoms with Gasteiger partial charge in [-0.1, -0.05) is 45.0 Å². The molecule has 1 saturated carbocycles. The Morgan fingerprint density at radius 2 is 1.54 bits per heavy atom. The van der Waals surface area contributed by atoms with Gasteiger partial charge >= 0.3 is 11.9 Å². The third-order valence-electron chi connectivity index (χ3n) is 4.88. The van der Waals surface area contributed by atoms with Gasteiger partial charge in [0.1, 0.15) is 0 Å². The van der Waals surface area contributed by atoms with Crippen LogP contribution in [-0.4, -0.2) is 25.2 Å². The van der Waals surface area contributed by atoms with Crippen LogP contribution in [0.4, 0.5) is 0 Å². The highest BCUT2D eigenvalue weighted by atomic mass is 16.6. The van der Waals surface area contributed by atoms with E-state index in [-0.39, 0.29) is 24.5 Å². The van der Waals surface area contributed by atoms with Crippen LogP contribution in [0.2, 0.25) is 0 Å². The summed E-state index contributed by atoms with van der Waals surface area (Å²) in [6, 6.07) is 8.21. The topological polar surface area (TPSA) is 52.6 Å². The lowest BCUT2D eigenvalue weighted by atomic mass is 9.57. The molecule has 1 atom stereocenters. The maximum Gasteiger partial charge on any atom is 0.324 e. The third-order valence-corrected chi connectivity index (χ3v) is 4.88. The molecule has 1 aromatic rings. The highest BCUT2D eigenvalue weighted by molar-refractivity contribution is 6.02. The van der Waals surface area contributed by atoms with Crippen molar-refractivity contribution in [1.29, 1.82) is 0 Å². The van der Waals surface area contributed by atoms with Gasteiger partial charge in [0.2, 0.25) is 0 Å². The van der Waals surface area contributed by atoms with Crippen molar-refractivity contribution < 1.29 is 19.1 Å². The molecule has 0 radical (unpaired) electrons. The van der Waals surface area contributed by atoms with Gasteiger partial charge in [0, 0.05) is 5.92 Å². The molecule has 2 rings (SSSR count). The summed E-state index contributed by atoms with van der Waals surface area (Å²) in [7, 11) is 0. The lowest BCUT2D eigenvalue weighted by molar-refractivity contribution is -0.181. The van der Waals surface area contributed by atoms with Gasteiger partial charge in [0.15, 0.2) is 5.41 Å². The van der Waals surface area contributed by atoms with Crippen LogP contribution in [0, 0.1) is 5.41 Å². The van der Waals surface area contributed by atoms with E-state index in [1.807, 2.05) is 12.1 Å². The molecular weight excluding hydrogens is 304 g/mol. The zero-order chi connectivity index (χ0) is 18.0. The molecule has 0 bridgehead atoms. The number of hydrogen-bond donors (Lipinski definition) is 0. The number of carbonyl (C=O) groups is 2. The third kappa shape index (κ3) is 3.19. The summed E-state index contributed by atoms with van der Waals surface area (Å²) in [5.41, 5.74) is 1.10. The van der Waals surface area contributed by atoms with Crippen molar-refractivity contribution in [3.63, 3.8) is 0 Å². The summed E-state index contributed by atoms with van der Waals surface area (Å²) in [6.07, 6.45) is 1.27. The van der Waals surface area contributed by atoms with E-state index in [9.17, 15) is 9.59 Å². The first-order valence-electron chi connectivity index (χ1n) is 8.72. The minimum Gasteiger partial charge on any atom is -0.465 e. The fraction of sp³-hybridized carbons (Fsp3) is 0.600. The number of carbonyl (C=O) groups excluding carboxylic acids is 2. The van der Waals surface area contributed by atoms with Crippen LogP contribution in [0.25, 0.3) is 0 Å². The molecule has 0 spiro atoms. The Bertz CT molecular complexity index is 577. The number of benzene rings is 1. The second kappa shape index (κ2) is 6.96. The van der Waals surface area contributed by atoms with Crippen molar-refractivity contribution in [2.75, 3.05) is 13.2 Å². The van der Waals surface area contributed by atoms with Crippen molar-refractivity contribution in [2.45, 2.75) is 58.8 Å². The lowest BCUT2D eigenvalue weighted by Crippen LogP contribution is -2.53. The predicted molar refractivity (Wildman–Crippen MR) is 92.8 cm³/mol. The van der Waals surface area contributed by atoms with Gasteiger partial charge < -0.3 is 9.47 Å². The number of hydrogen-bond acceptors (Lipinski definition) is 4. The molecule has 0 saturated heterocycles. The molecular formula is C20H28O4. The van der Waals surface area contributed by atoms with E-state index >= 15 is 0 Å². The molecule has 4 heteroatoms. The Labute approximate surface area is 144 Å². The molecule has 1 fully saturated rings. The minimum atomic E-state index is -1.19. The SMILES string of the molecule is CCOC(=O)C1(C(=O)OCC)CCC1c1ccc(C(C)(C)C)cc1. The van der Waals surface area contributed by atoms with Crippen LogP contribution >= 0.6 is 0 Å². The molecule has 0 aromatic heterocycles. The summed E-state index contributed by atoms with van der Waals surface area (Å²) >= 11 is 0. The summed E-state index contributed by atoms with van der Waals surface area (Å²) in [4.78, 5) is 25.1. The Balaban J connectivity index is 2.34. The van der Waals surface area contributed by atoms with E-state index in [4.69, 9.17) is 9.47 Å². The van der Waals surface area contributed by atoms with Crippen molar-refractivity contribution in [1.82, 2.24) is 0 Å². The molecule has 1 aromatic carbocycles. The van der Waals surface area contributed by atoms with Crippen LogP contribution in [-0.2, 0) is 24.5 Å². The average molecular weight is 332 g/mol. The van der Waals surface area contributed by atoms with Gasteiger partial charge in [-0.25, -0.2) is 0 Å². The Hall–Kier alpha value is -1.84. The van der Waals surface area contributed by atoms with E-state index < -0.39 is 17.4 Å². The Morgan fingerprint density at radius 1 is 1.04 bits per heavy atom. The normalized spacial score (nSPS) is 19.3. The molecule has 0 N–H and O–H groups in total. The lowest BCUT2D eigenvalue weighted by Gasteiger charge is -2.45. The van der Waals surface area contributed by atoms with Crippen molar-refractivity contribution >= 4 is 11.9 Å². The van der Waals surface area contributed by atoms with E-state index in [2.05, 4.69) is 32.9 Å². The van der Waals surface area contributed by atoms with Gasteiger partial charge in [-0.05, 0) is 43.2 Å². The van der Waals surface area contributed by atoms with Crippen molar-refractivity contribution in [2.24, 2.45) is 5.41 Å². The van der Waals surface area contributed by atoms with Gasteiger partial charge in [-0.3, -0.25) is 9.59 Å². The molecule has 1 aliphatic rings. The van der Waals surface area contributed by atoms with Gasteiger partial charge in [-0.15, -0.1) is 0 Å². The molecule has 132 valence electrons. The molecule has 0 amide bonds. The molecule has 24 heavy (non-hydrogen) atoms. The largest absolute Gasteiger partial charge is 0.465 e. The zero-order valence-corrected chi connectivity index (χ0v) is 15.3. The summed E-state index contributed by atoms with van der Waals surface area (Å²) in [6.45, 7) is 10.5. The smallest absolute Gasteiger partial charge is 0.324 e. The highest BCUT2D eigenvalue weighted by Crippen LogP contribution is 2.54. The zero-order valence-electron chi connectivity index (χ0n) is 15.3. The molecule has 0 heterocycles. The van der Waals surface area contributed by atoms with Crippen LogP contribution in [0.15, 0.2) is 24.3 Å². The first-order chi connectivity index (χ1) is 11.3. The number of esters is 2. The molecule has 1 unspecified atom stereocenters. The molecule has 1 aliphatic carbocycles. The maximum absolute atomic E-state index is 12.6.